The molecule has 0 bridgehead atoms. The Kier molecular flexibility index (Phi) is 5.47. The Morgan fingerprint density at radius 3 is 2.42 bits per heavy atom. The van der Waals surface area contributed by atoms with E-state index < -0.39 is 5.82 Å². The number of nitrogens with zero attached hydrogens (tertiary/aromatic N) is 2. The van der Waals surface area contributed by atoms with Crippen molar-refractivity contribution in [3.8, 4) is 0 Å². The van der Waals surface area contributed by atoms with Crippen LogP contribution in [0.5, 0.6) is 0 Å². The molecule has 6 heteroatoms. The van der Waals surface area contributed by atoms with E-state index in [1.54, 1.807) is 21.0 Å². The van der Waals surface area contributed by atoms with Gasteiger partial charge in [-0.15, -0.1) is 0 Å². The van der Waals surface area contributed by atoms with Crippen molar-refractivity contribution in [3.63, 3.8) is 0 Å². The molecule has 0 N–H and O–H groups in total. The van der Waals surface area contributed by atoms with Gasteiger partial charge in [-0.05, 0) is 41.1 Å². The Bertz CT molecular complexity index is 492. The third kappa shape index (κ3) is 4.02. The second kappa shape index (κ2) is 6.65. The molecular weight excluding hydrogens is 315 g/mol. The summed E-state index contributed by atoms with van der Waals surface area (Å²) in [5.74, 6) is -1.03. The summed E-state index contributed by atoms with van der Waals surface area (Å²) in [7, 11) is 3.25. The standard InChI is InChI=1S/C13H16BrFN2O2/c1-4-17(8-12(18)16(2)3)13(19)9-5-6-10(14)11(15)7-9/h5-7H,4,8H2,1-3H3. The molecule has 0 radical (unpaired) electrons. The SMILES string of the molecule is CCN(CC(=O)N(C)C)C(=O)c1ccc(Br)c(F)c1. The zero-order valence-electron chi connectivity index (χ0n) is 11.1. The maximum absolute atomic E-state index is 13.4. The summed E-state index contributed by atoms with van der Waals surface area (Å²) in [6, 6.07) is 4.16. The molecule has 104 valence electrons. The van der Waals surface area contributed by atoms with E-state index in [-0.39, 0.29) is 23.9 Å². The molecule has 2 amide bonds. The Morgan fingerprint density at radius 2 is 1.95 bits per heavy atom. The second-order valence-electron chi connectivity index (χ2n) is 4.24. The van der Waals surface area contributed by atoms with Gasteiger partial charge in [-0.1, -0.05) is 0 Å². The van der Waals surface area contributed by atoms with Crippen molar-refractivity contribution in [1.82, 2.24) is 9.80 Å². The lowest BCUT2D eigenvalue weighted by atomic mass is 10.2. The molecule has 4 nitrogen and oxygen atoms in total. The molecule has 19 heavy (non-hydrogen) atoms. The third-order valence-corrected chi connectivity index (χ3v) is 3.30. The van der Waals surface area contributed by atoms with Crippen LogP contribution in [0.4, 0.5) is 4.39 Å². The molecule has 0 saturated carbocycles. The number of amides is 2. The molecule has 0 aliphatic heterocycles. The van der Waals surface area contributed by atoms with E-state index in [1.165, 1.54) is 21.9 Å². The number of hydrogen-bond acceptors (Lipinski definition) is 2. The average Bonchev–Trinajstić information content (AvgIpc) is 2.37. The van der Waals surface area contributed by atoms with Crippen molar-refractivity contribution in [3.05, 3.63) is 34.1 Å². The minimum atomic E-state index is -0.499. The van der Waals surface area contributed by atoms with Crippen LogP contribution in [0.25, 0.3) is 0 Å². The van der Waals surface area contributed by atoms with E-state index in [0.717, 1.165) is 6.07 Å². The highest BCUT2D eigenvalue weighted by molar-refractivity contribution is 9.10. The fraction of sp³-hybridized carbons (Fsp3) is 0.385. The number of carbonyl (C=O) groups is 2. The smallest absolute Gasteiger partial charge is 0.254 e. The van der Waals surface area contributed by atoms with Crippen LogP contribution in [0, 0.1) is 5.82 Å². The van der Waals surface area contributed by atoms with E-state index in [2.05, 4.69) is 15.9 Å². The van der Waals surface area contributed by atoms with Gasteiger partial charge in [-0.2, -0.15) is 0 Å². The fourth-order valence-corrected chi connectivity index (χ4v) is 1.69. The summed E-state index contributed by atoms with van der Waals surface area (Å²) in [5, 5.41) is 0. The number of rotatable bonds is 4. The van der Waals surface area contributed by atoms with Crippen molar-refractivity contribution in [2.24, 2.45) is 0 Å². The molecule has 1 aromatic rings. The molecule has 0 heterocycles. The Hall–Kier alpha value is -1.43. The van der Waals surface area contributed by atoms with Gasteiger partial charge < -0.3 is 9.80 Å². The van der Waals surface area contributed by atoms with Crippen molar-refractivity contribution in [2.75, 3.05) is 27.2 Å². The van der Waals surface area contributed by atoms with Crippen molar-refractivity contribution in [1.29, 1.82) is 0 Å². The maximum atomic E-state index is 13.4. The fourth-order valence-electron chi connectivity index (χ4n) is 1.44. The molecule has 0 aromatic heterocycles. The van der Waals surface area contributed by atoms with Gasteiger partial charge in [0.05, 0.1) is 11.0 Å². The van der Waals surface area contributed by atoms with E-state index >= 15 is 0 Å². The van der Waals surface area contributed by atoms with E-state index in [0.29, 0.717) is 11.0 Å². The highest BCUT2D eigenvalue weighted by Crippen LogP contribution is 2.17. The predicted octanol–water partition coefficient (Wildman–Crippen LogP) is 2.14. The van der Waals surface area contributed by atoms with Gasteiger partial charge in [0.25, 0.3) is 5.91 Å². The molecule has 0 unspecified atom stereocenters. The van der Waals surface area contributed by atoms with Gasteiger partial charge in [-0.25, -0.2) is 4.39 Å². The molecule has 0 saturated heterocycles. The highest BCUT2D eigenvalue weighted by Gasteiger charge is 2.19. The summed E-state index contributed by atoms with van der Waals surface area (Å²) in [4.78, 5) is 26.6. The summed E-state index contributed by atoms with van der Waals surface area (Å²) in [6.07, 6.45) is 0. The van der Waals surface area contributed by atoms with Crippen LogP contribution >= 0.6 is 15.9 Å². The maximum Gasteiger partial charge on any atom is 0.254 e. The second-order valence-corrected chi connectivity index (χ2v) is 5.09. The van der Waals surface area contributed by atoms with E-state index in [4.69, 9.17) is 0 Å². The predicted molar refractivity (Wildman–Crippen MR) is 74.4 cm³/mol. The van der Waals surface area contributed by atoms with Crippen LogP contribution in [0.15, 0.2) is 22.7 Å². The van der Waals surface area contributed by atoms with Crippen molar-refractivity contribution in [2.45, 2.75) is 6.92 Å². The molecule has 1 rings (SSSR count). The largest absolute Gasteiger partial charge is 0.347 e. The van der Waals surface area contributed by atoms with Gasteiger partial charge >= 0.3 is 0 Å². The molecule has 0 fully saturated rings. The first-order chi connectivity index (χ1) is 8.86. The first-order valence-corrected chi connectivity index (χ1v) is 6.60. The Balaban J connectivity index is 2.89. The topological polar surface area (TPSA) is 40.6 Å². The highest BCUT2D eigenvalue weighted by atomic mass is 79.9. The monoisotopic (exact) mass is 330 g/mol. The normalized spacial score (nSPS) is 10.2. The van der Waals surface area contributed by atoms with E-state index in [1.807, 2.05) is 0 Å². The number of carbonyl (C=O) groups excluding carboxylic acids is 2. The average molecular weight is 331 g/mol. The molecule has 0 aliphatic rings. The van der Waals surface area contributed by atoms with Gasteiger partial charge in [0, 0.05) is 26.2 Å². The minimum absolute atomic E-state index is 0.0139. The lowest BCUT2D eigenvalue weighted by molar-refractivity contribution is -0.129. The van der Waals surface area contributed by atoms with E-state index in [9.17, 15) is 14.0 Å². The van der Waals surface area contributed by atoms with Crippen LogP contribution in [0.2, 0.25) is 0 Å². The summed E-state index contributed by atoms with van der Waals surface area (Å²) >= 11 is 3.03. The summed E-state index contributed by atoms with van der Waals surface area (Å²) < 4.78 is 13.7. The Labute approximate surface area is 120 Å². The molecule has 0 aliphatic carbocycles. The zero-order valence-corrected chi connectivity index (χ0v) is 12.7. The lowest BCUT2D eigenvalue weighted by Crippen LogP contribution is -2.40. The molecule has 1 aromatic carbocycles. The van der Waals surface area contributed by atoms with Crippen molar-refractivity contribution < 1.29 is 14.0 Å². The summed E-state index contributed by atoms with van der Waals surface area (Å²) in [5.41, 5.74) is 0.231. The van der Waals surface area contributed by atoms with Crippen molar-refractivity contribution >= 4 is 27.7 Å². The third-order valence-electron chi connectivity index (χ3n) is 2.66. The number of halogens is 2. The van der Waals surface area contributed by atoms with Crippen LogP contribution < -0.4 is 0 Å². The van der Waals surface area contributed by atoms with Crippen LogP contribution in [0.1, 0.15) is 17.3 Å². The number of likely N-dealkylation sites (N-methyl/N-ethyl adjacent to an activating group) is 2. The molecule has 0 spiro atoms. The molecule has 0 atom stereocenters. The van der Waals surface area contributed by atoms with Crippen LogP contribution in [0.3, 0.4) is 0 Å². The van der Waals surface area contributed by atoms with Crippen LogP contribution in [-0.2, 0) is 4.79 Å². The molecular formula is C13H16BrFN2O2. The van der Waals surface area contributed by atoms with Gasteiger partial charge in [0.1, 0.15) is 5.82 Å². The van der Waals surface area contributed by atoms with Crippen LogP contribution in [-0.4, -0.2) is 48.8 Å². The first-order valence-electron chi connectivity index (χ1n) is 5.81. The number of hydrogen-bond donors (Lipinski definition) is 0. The quantitative estimate of drug-likeness (QED) is 0.848. The van der Waals surface area contributed by atoms with Gasteiger partial charge in [0.15, 0.2) is 0 Å². The summed E-state index contributed by atoms with van der Waals surface area (Å²) in [6.45, 7) is 2.15. The zero-order chi connectivity index (χ0) is 14.6. The Morgan fingerprint density at radius 1 is 1.32 bits per heavy atom. The first kappa shape index (κ1) is 15.6. The van der Waals surface area contributed by atoms with Gasteiger partial charge in [-0.3, -0.25) is 9.59 Å². The van der Waals surface area contributed by atoms with Gasteiger partial charge in [0.2, 0.25) is 5.91 Å². The lowest BCUT2D eigenvalue weighted by Gasteiger charge is -2.22. The number of benzene rings is 1. The minimum Gasteiger partial charge on any atom is -0.347 e.